The minimum Gasteiger partial charge on any atom is -0.497 e. The lowest BCUT2D eigenvalue weighted by molar-refractivity contribution is -0.134. The molecule has 0 bridgehead atoms. The monoisotopic (exact) mass is 366 g/mol. The van der Waals surface area contributed by atoms with Crippen molar-refractivity contribution in [3.8, 4) is 5.75 Å². The fourth-order valence-electron chi connectivity index (χ4n) is 2.84. The maximum Gasteiger partial charge on any atom is 0.237 e. The number of piperazine rings is 1. The maximum absolute atomic E-state index is 14.2. The van der Waals surface area contributed by atoms with Crippen LogP contribution < -0.4 is 15.4 Å². The molecule has 1 atom stereocenters. The van der Waals surface area contributed by atoms with Crippen molar-refractivity contribution >= 4 is 11.8 Å². The van der Waals surface area contributed by atoms with Crippen LogP contribution in [0.4, 0.5) is 4.39 Å². The first-order valence-corrected chi connectivity index (χ1v) is 8.66. The number of carbonyl (C=O) groups is 2. The quantitative estimate of drug-likeness (QED) is 0.688. The number of benzene rings is 1. The largest absolute Gasteiger partial charge is 0.497 e. The van der Waals surface area contributed by atoms with Crippen molar-refractivity contribution in [1.82, 2.24) is 20.4 Å². The highest BCUT2D eigenvalue weighted by atomic mass is 19.1. The minimum atomic E-state index is -0.607. The average Bonchev–Trinajstić information content (AvgIpc) is 2.59. The molecule has 7 nitrogen and oxygen atoms in total. The Kier molecular flexibility index (Phi) is 7.35. The molecule has 1 aromatic rings. The molecule has 2 rings (SSSR count). The van der Waals surface area contributed by atoms with E-state index >= 15 is 0 Å². The van der Waals surface area contributed by atoms with Gasteiger partial charge in [0.15, 0.2) is 0 Å². The lowest BCUT2D eigenvalue weighted by Gasteiger charge is -2.34. The van der Waals surface area contributed by atoms with E-state index in [2.05, 4.69) is 10.6 Å². The van der Waals surface area contributed by atoms with Crippen LogP contribution in [0.25, 0.3) is 0 Å². The van der Waals surface area contributed by atoms with Crippen molar-refractivity contribution in [3.63, 3.8) is 0 Å². The molecule has 1 aliphatic heterocycles. The van der Waals surface area contributed by atoms with Gasteiger partial charge in [0.05, 0.1) is 19.6 Å². The van der Waals surface area contributed by atoms with Gasteiger partial charge in [-0.25, -0.2) is 4.39 Å². The van der Waals surface area contributed by atoms with Crippen molar-refractivity contribution < 1.29 is 18.7 Å². The predicted molar refractivity (Wildman–Crippen MR) is 96.3 cm³/mol. The Labute approximate surface area is 153 Å². The topological polar surface area (TPSA) is 73.9 Å². The van der Waals surface area contributed by atoms with Gasteiger partial charge in [-0.3, -0.25) is 14.5 Å². The smallest absolute Gasteiger partial charge is 0.237 e. The standard InChI is InChI=1S/C18H27FN4O3/c1-22(2)8-6-20-17(24)11-16-18(25)21-7-9-23(16)12-13-4-5-14(26-3)10-15(13)19/h4-5,10,16H,6-9,11-12H2,1-3H3,(H,20,24)(H,21,25)/t16-/m1/s1. The zero-order chi connectivity index (χ0) is 19.1. The molecule has 1 aliphatic rings. The highest BCUT2D eigenvalue weighted by Gasteiger charge is 2.32. The number of halogens is 1. The first kappa shape index (κ1) is 20.1. The molecule has 2 amide bonds. The molecular formula is C18H27FN4O3. The predicted octanol–water partition coefficient (Wildman–Crippen LogP) is 0.203. The van der Waals surface area contributed by atoms with Crippen LogP contribution >= 0.6 is 0 Å². The Hall–Kier alpha value is -2.19. The van der Waals surface area contributed by atoms with Gasteiger partial charge in [0.25, 0.3) is 0 Å². The Morgan fingerprint density at radius 1 is 1.46 bits per heavy atom. The summed E-state index contributed by atoms with van der Waals surface area (Å²) in [6.07, 6.45) is 0.0526. The average molecular weight is 366 g/mol. The maximum atomic E-state index is 14.2. The fraction of sp³-hybridized carbons (Fsp3) is 0.556. The number of hydrogen-bond acceptors (Lipinski definition) is 5. The summed E-state index contributed by atoms with van der Waals surface area (Å²) in [4.78, 5) is 28.2. The molecule has 1 heterocycles. The van der Waals surface area contributed by atoms with E-state index in [-0.39, 0.29) is 30.6 Å². The first-order chi connectivity index (χ1) is 12.4. The highest BCUT2D eigenvalue weighted by Crippen LogP contribution is 2.20. The van der Waals surface area contributed by atoms with Crippen molar-refractivity contribution in [2.75, 3.05) is 47.4 Å². The summed E-state index contributed by atoms with van der Waals surface area (Å²) in [7, 11) is 5.33. The van der Waals surface area contributed by atoms with E-state index in [1.54, 1.807) is 12.1 Å². The van der Waals surface area contributed by atoms with E-state index < -0.39 is 6.04 Å². The number of carbonyl (C=O) groups excluding carboxylic acids is 2. The molecule has 0 aromatic heterocycles. The van der Waals surface area contributed by atoms with Gasteiger partial charge >= 0.3 is 0 Å². The van der Waals surface area contributed by atoms with Crippen molar-refractivity contribution in [1.29, 1.82) is 0 Å². The number of hydrogen-bond donors (Lipinski definition) is 2. The number of rotatable bonds is 8. The number of ether oxygens (including phenoxy) is 1. The normalized spacial score (nSPS) is 17.9. The Morgan fingerprint density at radius 3 is 2.88 bits per heavy atom. The van der Waals surface area contributed by atoms with Crippen LogP contribution in [-0.2, 0) is 16.1 Å². The van der Waals surface area contributed by atoms with Crippen LogP contribution in [0.1, 0.15) is 12.0 Å². The van der Waals surface area contributed by atoms with Crippen LogP contribution in [0.2, 0.25) is 0 Å². The summed E-state index contributed by atoms with van der Waals surface area (Å²) < 4.78 is 19.2. The minimum absolute atomic E-state index is 0.0526. The molecular weight excluding hydrogens is 339 g/mol. The Bertz CT molecular complexity index is 639. The molecule has 2 N–H and O–H groups in total. The lowest BCUT2D eigenvalue weighted by Crippen LogP contribution is -2.56. The van der Waals surface area contributed by atoms with E-state index in [1.807, 2.05) is 23.9 Å². The number of nitrogens with zero attached hydrogens (tertiary/aromatic N) is 2. The van der Waals surface area contributed by atoms with Gasteiger partial charge in [-0.1, -0.05) is 6.07 Å². The van der Waals surface area contributed by atoms with E-state index in [0.717, 1.165) is 6.54 Å². The van der Waals surface area contributed by atoms with Crippen LogP contribution in [0.5, 0.6) is 5.75 Å². The molecule has 0 radical (unpaired) electrons. The summed E-state index contributed by atoms with van der Waals surface area (Å²) in [5.74, 6) is -0.328. The zero-order valence-electron chi connectivity index (χ0n) is 15.5. The molecule has 8 heteroatoms. The summed E-state index contributed by atoms with van der Waals surface area (Å²) in [6, 6.07) is 4.05. The molecule has 1 fully saturated rings. The summed E-state index contributed by atoms with van der Waals surface area (Å²) in [6.45, 7) is 2.55. The molecule has 0 saturated carbocycles. The van der Waals surface area contributed by atoms with Gasteiger partial charge in [0.2, 0.25) is 11.8 Å². The van der Waals surface area contributed by atoms with Gasteiger partial charge in [-0.2, -0.15) is 0 Å². The zero-order valence-corrected chi connectivity index (χ0v) is 15.5. The lowest BCUT2D eigenvalue weighted by atomic mass is 10.1. The third-order valence-electron chi connectivity index (χ3n) is 4.34. The van der Waals surface area contributed by atoms with Gasteiger partial charge in [-0.15, -0.1) is 0 Å². The van der Waals surface area contributed by atoms with Gasteiger partial charge < -0.3 is 20.3 Å². The molecule has 0 aliphatic carbocycles. The van der Waals surface area contributed by atoms with Crippen molar-refractivity contribution in [3.05, 3.63) is 29.6 Å². The van der Waals surface area contributed by atoms with Crippen molar-refractivity contribution in [2.24, 2.45) is 0 Å². The molecule has 0 spiro atoms. The van der Waals surface area contributed by atoms with Crippen LogP contribution in [0, 0.1) is 5.82 Å². The Morgan fingerprint density at radius 2 is 2.23 bits per heavy atom. The summed E-state index contributed by atoms with van der Waals surface area (Å²) >= 11 is 0. The second kappa shape index (κ2) is 9.49. The Balaban J connectivity index is 2.01. The van der Waals surface area contributed by atoms with Crippen LogP contribution in [-0.4, -0.2) is 75.0 Å². The fourth-order valence-corrected chi connectivity index (χ4v) is 2.84. The second-order valence-electron chi connectivity index (χ2n) is 6.59. The number of likely N-dealkylation sites (N-methyl/N-ethyl adjacent to an activating group) is 1. The van der Waals surface area contributed by atoms with E-state index in [1.165, 1.54) is 13.2 Å². The molecule has 1 saturated heterocycles. The number of methoxy groups -OCH3 is 1. The summed E-state index contributed by atoms with van der Waals surface area (Å²) in [5, 5.41) is 5.59. The van der Waals surface area contributed by atoms with Crippen molar-refractivity contribution in [2.45, 2.75) is 19.0 Å². The first-order valence-electron chi connectivity index (χ1n) is 8.66. The van der Waals surface area contributed by atoms with E-state index in [0.29, 0.717) is 30.9 Å². The summed E-state index contributed by atoms with van der Waals surface area (Å²) in [5.41, 5.74) is 0.471. The van der Waals surface area contributed by atoms with E-state index in [9.17, 15) is 14.0 Å². The van der Waals surface area contributed by atoms with Gasteiger partial charge in [0, 0.05) is 44.4 Å². The second-order valence-corrected chi connectivity index (χ2v) is 6.59. The molecule has 1 aromatic carbocycles. The molecule has 144 valence electrons. The third-order valence-corrected chi connectivity index (χ3v) is 4.34. The third kappa shape index (κ3) is 5.67. The molecule has 0 unspecified atom stereocenters. The SMILES string of the molecule is COc1ccc(CN2CCNC(=O)[C@H]2CC(=O)NCCN(C)C)c(F)c1. The van der Waals surface area contributed by atoms with E-state index in [4.69, 9.17) is 4.74 Å². The number of nitrogens with one attached hydrogen (secondary N) is 2. The van der Waals surface area contributed by atoms with Gasteiger partial charge in [0.1, 0.15) is 11.6 Å². The van der Waals surface area contributed by atoms with Crippen LogP contribution in [0.3, 0.4) is 0 Å². The number of amides is 2. The molecule has 26 heavy (non-hydrogen) atoms. The highest BCUT2D eigenvalue weighted by molar-refractivity contribution is 5.88. The van der Waals surface area contributed by atoms with Gasteiger partial charge in [-0.05, 0) is 20.2 Å². The van der Waals surface area contributed by atoms with Crippen LogP contribution in [0.15, 0.2) is 18.2 Å².